The minimum Gasteiger partial charge on any atom is -0.458 e. The minimum atomic E-state index is -1.53. The van der Waals surface area contributed by atoms with Crippen molar-refractivity contribution in [3.05, 3.63) is 87.0 Å². The van der Waals surface area contributed by atoms with E-state index in [9.17, 15) is 19.1 Å². The number of aliphatic hydroxyl groups is 1. The Kier molecular flexibility index (Phi) is 7.75. The predicted octanol–water partition coefficient (Wildman–Crippen LogP) is 4.09. The van der Waals surface area contributed by atoms with Crippen molar-refractivity contribution < 1.29 is 19.0 Å². The highest BCUT2D eigenvalue weighted by atomic mass is 32.2. The molecule has 42 heavy (non-hydrogen) atoms. The molecule has 5 heterocycles. The van der Waals surface area contributed by atoms with E-state index < -0.39 is 17.9 Å². The van der Waals surface area contributed by atoms with Gasteiger partial charge in [-0.05, 0) is 41.8 Å². The Balaban J connectivity index is 0.00000155. The van der Waals surface area contributed by atoms with Crippen molar-refractivity contribution in [1.82, 2.24) is 18.8 Å². The number of hydrogen-bond acceptors (Lipinski definition) is 9. The molecule has 4 aromatic rings. The Morgan fingerprint density at radius 2 is 1.81 bits per heavy atom. The SMILES string of the molecule is CC.Nc1cc2c(CN3CCN(Sc4ccccc4)CC3)c3c(nc2cc1F)-c1cc2c(c(=O)n1C3)COC(=O)C2O. The molecule has 0 amide bonds. The third-order valence-corrected chi connectivity index (χ3v) is 8.99. The summed E-state index contributed by atoms with van der Waals surface area (Å²) in [4.78, 5) is 33.8. The summed E-state index contributed by atoms with van der Waals surface area (Å²) < 4.78 is 23.5. The van der Waals surface area contributed by atoms with E-state index in [1.165, 1.54) is 11.0 Å². The molecule has 1 fully saturated rings. The van der Waals surface area contributed by atoms with Crippen molar-refractivity contribution in [1.29, 1.82) is 0 Å². The minimum absolute atomic E-state index is 0.0431. The van der Waals surface area contributed by atoms with E-state index in [-0.39, 0.29) is 35.5 Å². The average molecular weight is 590 g/mol. The van der Waals surface area contributed by atoms with E-state index in [0.717, 1.165) is 42.7 Å². The zero-order chi connectivity index (χ0) is 29.5. The summed E-state index contributed by atoms with van der Waals surface area (Å²) in [6.07, 6.45) is -1.53. The van der Waals surface area contributed by atoms with Crippen LogP contribution in [0.2, 0.25) is 0 Å². The second kappa shape index (κ2) is 11.5. The summed E-state index contributed by atoms with van der Waals surface area (Å²) in [5.74, 6) is -1.35. The number of nitrogens with zero attached hydrogens (tertiary/aromatic N) is 4. The number of rotatable bonds is 4. The van der Waals surface area contributed by atoms with Gasteiger partial charge in [0, 0.05) is 60.2 Å². The Morgan fingerprint density at radius 1 is 1.07 bits per heavy atom. The molecule has 0 aliphatic carbocycles. The lowest BCUT2D eigenvalue weighted by Crippen LogP contribution is -2.43. The van der Waals surface area contributed by atoms with Crippen LogP contribution in [0.15, 0.2) is 58.2 Å². The van der Waals surface area contributed by atoms with Crippen molar-refractivity contribution >= 4 is 34.5 Å². The van der Waals surface area contributed by atoms with Crippen LogP contribution in [-0.4, -0.2) is 56.0 Å². The zero-order valence-electron chi connectivity index (χ0n) is 23.5. The number of aromatic nitrogens is 2. The highest BCUT2D eigenvalue weighted by Crippen LogP contribution is 2.39. The van der Waals surface area contributed by atoms with Crippen LogP contribution in [0.5, 0.6) is 0 Å². The molecular weight excluding hydrogens is 557 g/mol. The molecule has 3 aliphatic heterocycles. The number of esters is 1. The van der Waals surface area contributed by atoms with Crippen LogP contribution in [0.1, 0.15) is 42.2 Å². The van der Waals surface area contributed by atoms with E-state index in [1.807, 2.05) is 32.0 Å². The second-order valence-electron chi connectivity index (χ2n) is 10.3. The van der Waals surface area contributed by atoms with Gasteiger partial charge in [0.25, 0.3) is 5.56 Å². The fourth-order valence-electron chi connectivity index (χ4n) is 5.76. The summed E-state index contributed by atoms with van der Waals surface area (Å²) in [6, 6.07) is 14.9. The number of pyridine rings is 2. The summed E-state index contributed by atoms with van der Waals surface area (Å²) in [6.45, 7) is 8.10. The number of carbonyl (C=O) groups is 1. The van der Waals surface area contributed by atoms with Gasteiger partial charge in [-0.2, -0.15) is 0 Å². The van der Waals surface area contributed by atoms with Gasteiger partial charge in [0.05, 0.1) is 34.7 Å². The van der Waals surface area contributed by atoms with E-state index in [1.54, 1.807) is 28.6 Å². The number of aliphatic hydroxyl groups excluding tert-OH is 1. The summed E-state index contributed by atoms with van der Waals surface area (Å²) >= 11 is 1.75. The fraction of sp³-hybridized carbons (Fsp3) is 0.323. The van der Waals surface area contributed by atoms with Crippen LogP contribution >= 0.6 is 11.9 Å². The number of hydrogen-bond donors (Lipinski definition) is 2. The first-order valence-electron chi connectivity index (χ1n) is 14.1. The van der Waals surface area contributed by atoms with Gasteiger partial charge in [-0.1, -0.05) is 32.0 Å². The molecule has 218 valence electrons. The van der Waals surface area contributed by atoms with Gasteiger partial charge in [-0.15, -0.1) is 0 Å². The van der Waals surface area contributed by atoms with Gasteiger partial charge in [0.15, 0.2) is 6.10 Å². The molecular formula is C31H32FN5O4S. The third kappa shape index (κ3) is 4.96. The first-order valence-corrected chi connectivity index (χ1v) is 14.9. The van der Waals surface area contributed by atoms with Gasteiger partial charge >= 0.3 is 5.97 Å². The Hall–Kier alpha value is -3.77. The molecule has 0 radical (unpaired) electrons. The normalized spacial score (nSPS) is 18.1. The van der Waals surface area contributed by atoms with Crippen molar-refractivity contribution in [2.45, 2.75) is 44.5 Å². The molecule has 1 atom stereocenters. The van der Waals surface area contributed by atoms with Crippen molar-refractivity contribution in [2.24, 2.45) is 0 Å². The third-order valence-electron chi connectivity index (χ3n) is 7.88. The lowest BCUT2D eigenvalue weighted by molar-refractivity contribution is -0.157. The molecule has 7 rings (SSSR count). The van der Waals surface area contributed by atoms with Gasteiger partial charge in [-0.25, -0.2) is 18.5 Å². The van der Waals surface area contributed by atoms with Crippen LogP contribution < -0.4 is 11.3 Å². The topological polar surface area (TPSA) is 114 Å². The Labute approximate surface area is 246 Å². The van der Waals surface area contributed by atoms with Crippen LogP contribution in [-0.2, 0) is 29.2 Å². The van der Waals surface area contributed by atoms with Crippen LogP contribution in [0.25, 0.3) is 22.3 Å². The smallest absolute Gasteiger partial charge is 0.340 e. The predicted molar refractivity (Wildman–Crippen MR) is 160 cm³/mol. The van der Waals surface area contributed by atoms with E-state index in [2.05, 4.69) is 21.3 Å². The highest BCUT2D eigenvalue weighted by molar-refractivity contribution is 7.97. The molecule has 9 nitrogen and oxygen atoms in total. The molecule has 11 heteroatoms. The molecule has 0 bridgehead atoms. The number of piperazine rings is 1. The largest absolute Gasteiger partial charge is 0.458 e. The number of cyclic esters (lactones) is 1. The van der Waals surface area contributed by atoms with Crippen molar-refractivity contribution in [3.8, 4) is 11.4 Å². The number of ether oxygens (including phenoxy) is 1. The standard InChI is InChI=1S/C29H26FN5O4S.C2H6/c30-22-12-24-17(10-23(22)31)19(13-33-6-8-34(9-7-33)40-16-4-2-1-3-5-16)20-14-35-25(26(20)32-24)11-18-21(28(35)37)15-39-29(38)27(18)36;1-2/h1-5,10-12,27,36H,6-9,13-15,31H2;1-2H3. The van der Waals surface area contributed by atoms with Gasteiger partial charge in [0.2, 0.25) is 0 Å². The number of fused-ring (bicyclic) bond motifs is 5. The van der Waals surface area contributed by atoms with Gasteiger partial charge in [0.1, 0.15) is 12.4 Å². The van der Waals surface area contributed by atoms with Crippen LogP contribution in [0, 0.1) is 5.82 Å². The first-order chi connectivity index (χ1) is 20.4. The quantitative estimate of drug-likeness (QED) is 0.182. The number of nitrogen functional groups attached to an aromatic ring is 1. The summed E-state index contributed by atoms with van der Waals surface area (Å²) in [7, 11) is 0. The average Bonchev–Trinajstić information content (AvgIpc) is 3.37. The maximum Gasteiger partial charge on any atom is 0.340 e. The van der Waals surface area contributed by atoms with Crippen LogP contribution in [0.3, 0.4) is 0 Å². The van der Waals surface area contributed by atoms with E-state index >= 15 is 0 Å². The first kappa shape index (κ1) is 28.4. The number of nitrogens with two attached hydrogens (primary N) is 1. The summed E-state index contributed by atoms with van der Waals surface area (Å²) in [5, 5.41) is 11.2. The number of halogens is 1. The Bertz CT molecular complexity index is 1740. The highest BCUT2D eigenvalue weighted by Gasteiger charge is 2.35. The molecule has 2 aromatic carbocycles. The molecule has 1 saturated heterocycles. The number of anilines is 1. The molecule has 3 aliphatic rings. The maximum absolute atomic E-state index is 14.6. The molecule has 2 aromatic heterocycles. The molecule has 3 N–H and O–H groups in total. The van der Waals surface area contributed by atoms with E-state index in [4.69, 9.17) is 15.5 Å². The van der Waals surface area contributed by atoms with Crippen molar-refractivity contribution in [3.63, 3.8) is 0 Å². The zero-order valence-corrected chi connectivity index (χ0v) is 24.3. The summed E-state index contributed by atoms with van der Waals surface area (Å²) in [5.41, 5.74) is 9.50. The lowest BCUT2D eigenvalue weighted by Gasteiger charge is -2.34. The fourth-order valence-corrected chi connectivity index (χ4v) is 6.68. The Morgan fingerprint density at radius 3 is 2.55 bits per heavy atom. The number of benzene rings is 2. The molecule has 0 saturated carbocycles. The maximum atomic E-state index is 14.6. The molecule has 1 unspecified atom stereocenters. The van der Waals surface area contributed by atoms with Gasteiger partial charge in [-0.3, -0.25) is 9.69 Å². The monoisotopic (exact) mass is 589 g/mol. The molecule has 0 spiro atoms. The second-order valence-corrected chi connectivity index (χ2v) is 11.5. The van der Waals surface area contributed by atoms with E-state index in [0.29, 0.717) is 23.4 Å². The van der Waals surface area contributed by atoms with Gasteiger partial charge < -0.3 is 20.1 Å². The lowest BCUT2D eigenvalue weighted by atomic mass is 9.98. The van der Waals surface area contributed by atoms with Crippen LogP contribution in [0.4, 0.5) is 10.1 Å². The number of carbonyl (C=O) groups excluding carboxylic acids is 1. The van der Waals surface area contributed by atoms with Crippen molar-refractivity contribution in [2.75, 3.05) is 31.9 Å².